The Morgan fingerprint density at radius 1 is 0.781 bits per heavy atom. The lowest BCUT2D eigenvalue weighted by atomic mass is 10.1. The van der Waals surface area contributed by atoms with Crippen molar-refractivity contribution >= 4 is 11.9 Å². The molecule has 0 aliphatic heterocycles. The first-order chi connectivity index (χ1) is 15.0. The molecule has 4 nitrogen and oxygen atoms in total. The summed E-state index contributed by atoms with van der Waals surface area (Å²) in [5.74, 6) is -1.10. The van der Waals surface area contributed by atoms with Crippen molar-refractivity contribution in [2.75, 3.05) is 6.61 Å². The lowest BCUT2D eigenvalue weighted by molar-refractivity contribution is -0.136. The minimum Gasteiger partial charge on any atom is -0.478 e. The number of aliphatic carboxylic acids is 1. The maximum absolute atomic E-state index is 11.0. The number of hydrogen-bond acceptors (Lipinski definition) is 3. The fourth-order valence-electron chi connectivity index (χ4n) is 2.44. The van der Waals surface area contributed by atoms with Gasteiger partial charge in [-0.25, -0.2) is 9.59 Å². The second-order valence-corrected chi connectivity index (χ2v) is 8.19. The van der Waals surface area contributed by atoms with Crippen LogP contribution in [0.1, 0.15) is 87.5 Å². The van der Waals surface area contributed by atoms with E-state index in [0.717, 1.165) is 25.7 Å². The maximum atomic E-state index is 11.0. The topological polar surface area (TPSA) is 63.6 Å². The average Bonchev–Trinajstić information content (AvgIpc) is 2.68. The minimum atomic E-state index is -0.823. The number of carboxylic acid groups (broad SMARTS) is 1. The normalized spacial score (nSPS) is 12.1. The summed E-state index contributed by atoms with van der Waals surface area (Å²) >= 11 is 0. The van der Waals surface area contributed by atoms with Crippen molar-refractivity contribution in [1.29, 1.82) is 0 Å². The molecule has 0 heterocycles. The van der Waals surface area contributed by atoms with E-state index in [1.54, 1.807) is 26.0 Å². The highest BCUT2D eigenvalue weighted by molar-refractivity contribution is 5.86. The molecule has 0 unspecified atom stereocenters. The monoisotopic (exact) mass is 444 g/mol. The van der Waals surface area contributed by atoms with Crippen molar-refractivity contribution in [2.24, 2.45) is 0 Å². The van der Waals surface area contributed by atoms with Crippen LogP contribution in [0.25, 0.3) is 0 Å². The lowest BCUT2D eigenvalue weighted by Gasteiger charge is -2.00. The van der Waals surface area contributed by atoms with Gasteiger partial charge >= 0.3 is 11.9 Å². The van der Waals surface area contributed by atoms with Crippen LogP contribution in [0.4, 0.5) is 0 Å². The number of hydrogen-bond donors (Lipinski definition) is 1. The van der Waals surface area contributed by atoms with Gasteiger partial charge in [0.15, 0.2) is 0 Å². The Hall–Kier alpha value is -2.62. The van der Waals surface area contributed by atoms with E-state index >= 15 is 0 Å². The fraction of sp³-hybridized carbons (Fsp3) is 0.500. The molecule has 0 amide bonds. The van der Waals surface area contributed by atoms with E-state index < -0.39 is 5.97 Å². The summed E-state index contributed by atoms with van der Waals surface area (Å²) in [7, 11) is 0. The lowest BCUT2D eigenvalue weighted by Crippen LogP contribution is -2.00. The largest absolute Gasteiger partial charge is 0.478 e. The van der Waals surface area contributed by atoms with Crippen molar-refractivity contribution in [1.82, 2.24) is 0 Å². The number of carbonyl (C=O) groups excluding carboxylic acids is 1. The van der Waals surface area contributed by atoms with Crippen LogP contribution in [0.5, 0.6) is 0 Å². The van der Waals surface area contributed by atoms with E-state index in [4.69, 9.17) is 9.84 Å². The molecule has 0 aliphatic carbocycles. The molecule has 0 bridgehead atoms. The molecule has 4 heteroatoms. The second-order valence-electron chi connectivity index (χ2n) is 8.19. The van der Waals surface area contributed by atoms with Crippen LogP contribution >= 0.6 is 0 Å². The Kier molecular flexibility index (Phi) is 20.0. The summed E-state index contributed by atoms with van der Waals surface area (Å²) in [6.45, 7) is 16.4. The minimum absolute atomic E-state index is 0.282. The quantitative estimate of drug-likeness (QED) is 0.189. The number of rotatable bonds is 12. The fourth-order valence-corrected chi connectivity index (χ4v) is 2.44. The van der Waals surface area contributed by atoms with Crippen LogP contribution in [0, 0.1) is 0 Å². The zero-order valence-corrected chi connectivity index (χ0v) is 21.5. The third-order valence-corrected chi connectivity index (χ3v) is 4.44. The van der Waals surface area contributed by atoms with Gasteiger partial charge in [-0.2, -0.15) is 0 Å². The molecule has 0 saturated carbocycles. The van der Waals surface area contributed by atoms with Gasteiger partial charge in [-0.1, -0.05) is 52.7 Å². The van der Waals surface area contributed by atoms with Crippen molar-refractivity contribution in [3.63, 3.8) is 0 Å². The molecule has 0 spiro atoms. The maximum Gasteiger partial charge on any atom is 0.331 e. The van der Waals surface area contributed by atoms with Gasteiger partial charge in [0.25, 0.3) is 0 Å². The van der Waals surface area contributed by atoms with Gasteiger partial charge in [0.05, 0.1) is 0 Å². The molecule has 0 aromatic carbocycles. The summed E-state index contributed by atoms with van der Waals surface area (Å²) in [6, 6.07) is 0. The van der Waals surface area contributed by atoms with Crippen molar-refractivity contribution in [3.05, 3.63) is 70.4 Å². The van der Waals surface area contributed by atoms with Crippen molar-refractivity contribution in [3.8, 4) is 0 Å². The van der Waals surface area contributed by atoms with E-state index in [1.165, 1.54) is 28.4 Å². The Balaban J connectivity index is 0. The SMILES string of the molecule is C/C=C(\C/C=C(\C)CCC=C(C)C)C(=O)O.CC=CC(=O)OC/C=C(\C)CCC=C(C)C. The van der Waals surface area contributed by atoms with Crippen LogP contribution in [-0.4, -0.2) is 23.7 Å². The standard InChI is InChI=1S/2C14H22O2/c1-5-13(14(15)16)10-9-12(4)8-6-7-11(2)3;1-5-7-14(15)16-11-10-13(4)9-6-8-12(2)3/h5,7,9H,6,8,10H2,1-4H3,(H,15,16);5,7-8,10H,6,9,11H2,1-4H3/b12-9+,13-5+;7-5?,13-10+. The number of ether oxygens (including phenoxy) is 1. The number of carboxylic acids is 1. The summed E-state index contributed by atoms with van der Waals surface area (Å²) in [5.41, 5.74) is 5.63. The molecule has 0 aromatic heterocycles. The molecule has 0 rings (SSSR count). The molecular formula is C28H44O4. The summed E-state index contributed by atoms with van der Waals surface area (Å²) < 4.78 is 4.96. The van der Waals surface area contributed by atoms with E-state index in [-0.39, 0.29) is 5.97 Å². The van der Waals surface area contributed by atoms with Crippen LogP contribution in [0.15, 0.2) is 70.4 Å². The van der Waals surface area contributed by atoms with Gasteiger partial charge in [-0.05, 0) is 93.6 Å². The number of esters is 1. The molecule has 0 aromatic rings. The highest BCUT2D eigenvalue weighted by Gasteiger charge is 2.03. The zero-order chi connectivity index (χ0) is 24.9. The molecular weight excluding hydrogens is 400 g/mol. The van der Waals surface area contributed by atoms with Gasteiger partial charge in [0.2, 0.25) is 0 Å². The van der Waals surface area contributed by atoms with E-state index in [9.17, 15) is 9.59 Å². The average molecular weight is 445 g/mol. The Labute approximate surface area is 196 Å². The van der Waals surface area contributed by atoms with Crippen LogP contribution in [-0.2, 0) is 14.3 Å². The first-order valence-electron chi connectivity index (χ1n) is 11.3. The van der Waals surface area contributed by atoms with Gasteiger partial charge in [-0.3, -0.25) is 0 Å². The Morgan fingerprint density at radius 2 is 1.28 bits per heavy atom. The molecule has 0 saturated heterocycles. The highest BCUT2D eigenvalue weighted by atomic mass is 16.5. The van der Waals surface area contributed by atoms with Gasteiger partial charge in [-0.15, -0.1) is 0 Å². The van der Waals surface area contributed by atoms with Crippen LogP contribution < -0.4 is 0 Å². The van der Waals surface area contributed by atoms with Gasteiger partial charge < -0.3 is 9.84 Å². The molecule has 0 atom stereocenters. The summed E-state index contributed by atoms with van der Waals surface area (Å²) in [5, 5.41) is 8.83. The van der Waals surface area contributed by atoms with Crippen LogP contribution in [0.2, 0.25) is 0 Å². The summed E-state index contributed by atoms with van der Waals surface area (Å²) in [6.07, 6.45) is 17.7. The molecule has 32 heavy (non-hydrogen) atoms. The van der Waals surface area contributed by atoms with Gasteiger partial charge in [0.1, 0.15) is 6.61 Å². The molecule has 0 fully saturated rings. The number of allylic oxidation sites excluding steroid dienone is 9. The first-order valence-corrected chi connectivity index (χ1v) is 11.3. The van der Waals surface area contributed by atoms with Crippen molar-refractivity contribution < 1.29 is 19.4 Å². The smallest absolute Gasteiger partial charge is 0.331 e. The molecule has 180 valence electrons. The zero-order valence-electron chi connectivity index (χ0n) is 21.5. The molecule has 1 N–H and O–H groups in total. The Morgan fingerprint density at radius 3 is 1.69 bits per heavy atom. The number of carbonyl (C=O) groups is 2. The first kappa shape index (κ1) is 31.6. The second kappa shape index (κ2) is 20.3. The third-order valence-electron chi connectivity index (χ3n) is 4.44. The summed E-state index contributed by atoms with van der Waals surface area (Å²) in [4.78, 5) is 21.7. The predicted molar refractivity (Wildman–Crippen MR) is 137 cm³/mol. The Bertz CT molecular complexity index is 733. The van der Waals surface area contributed by atoms with Crippen LogP contribution in [0.3, 0.4) is 0 Å². The predicted octanol–water partition coefficient (Wildman–Crippen LogP) is 7.90. The van der Waals surface area contributed by atoms with E-state index in [0.29, 0.717) is 18.6 Å². The molecule has 0 aliphatic rings. The third kappa shape index (κ3) is 22.1. The van der Waals surface area contributed by atoms with E-state index in [1.807, 2.05) is 19.1 Å². The van der Waals surface area contributed by atoms with Gasteiger partial charge in [0, 0.05) is 11.6 Å². The van der Waals surface area contributed by atoms with E-state index in [2.05, 4.69) is 46.8 Å². The van der Waals surface area contributed by atoms with Crippen molar-refractivity contribution in [2.45, 2.75) is 87.5 Å². The molecule has 0 radical (unpaired) electrons. The highest BCUT2D eigenvalue weighted by Crippen LogP contribution is 2.11.